The Morgan fingerprint density at radius 1 is 0.971 bits per heavy atom. The molecule has 0 bridgehead atoms. The van der Waals surface area contributed by atoms with Crippen molar-refractivity contribution in [1.82, 2.24) is 15.1 Å². The Morgan fingerprint density at radius 2 is 1.65 bits per heavy atom. The van der Waals surface area contributed by atoms with E-state index >= 15 is 0 Å². The third-order valence-electron chi connectivity index (χ3n) is 5.34. The number of benzene rings is 2. The number of nitrogens with one attached hydrogen (secondary N) is 2. The maximum absolute atomic E-state index is 13.2. The number of piperidine rings is 1. The zero-order valence-electron chi connectivity index (χ0n) is 17.6. The van der Waals surface area contributed by atoms with Crippen LogP contribution in [0.3, 0.4) is 0 Å². The topological polar surface area (TPSA) is 87.2 Å². The first-order chi connectivity index (χ1) is 16.2. The van der Waals surface area contributed by atoms with Crippen molar-refractivity contribution >= 4 is 34.6 Å². The Kier molecular flexibility index (Phi) is 6.77. The number of carbonyl (C=O) groups excluding carboxylic acids is 2. The van der Waals surface area contributed by atoms with Crippen LogP contribution in [0.25, 0.3) is 0 Å². The molecule has 0 aliphatic carbocycles. The predicted octanol–water partition coefficient (Wildman–Crippen LogP) is 5.36. The van der Waals surface area contributed by atoms with E-state index < -0.39 is 29.5 Å². The Bertz CT molecular complexity index is 1170. The molecule has 4 rings (SSSR count). The lowest BCUT2D eigenvalue weighted by atomic mass is 9.98. The van der Waals surface area contributed by atoms with Gasteiger partial charge in [-0.25, -0.2) is 9.18 Å². The van der Waals surface area contributed by atoms with E-state index in [-0.39, 0.29) is 16.6 Å². The molecule has 3 amide bonds. The van der Waals surface area contributed by atoms with Crippen LogP contribution in [-0.4, -0.2) is 40.1 Å². The summed E-state index contributed by atoms with van der Waals surface area (Å²) in [7, 11) is 0. The number of urea groups is 1. The maximum atomic E-state index is 13.2. The highest BCUT2D eigenvalue weighted by molar-refractivity contribution is 7.13. The minimum atomic E-state index is -4.57. The number of halogens is 4. The highest BCUT2D eigenvalue weighted by Gasteiger charge is 2.34. The number of alkyl halides is 3. The lowest BCUT2D eigenvalue weighted by molar-refractivity contribution is -0.136. The normalized spacial score (nSPS) is 14.6. The number of anilines is 2. The molecule has 0 radical (unpaired) electrons. The summed E-state index contributed by atoms with van der Waals surface area (Å²) in [5.74, 6) is -0.910. The molecule has 2 heterocycles. The van der Waals surface area contributed by atoms with Crippen molar-refractivity contribution in [2.45, 2.75) is 24.9 Å². The van der Waals surface area contributed by atoms with Crippen LogP contribution in [-0.2, 0) is 6.18 Å². The molecule has 12 heteroatoms. The number of aromatic nitrogens is 2. The van der Waals surface area contributed by atoms with E-state index in [1.807, 2.05) is 0 Å². The van der Waals surface area contributed by atoms with Crippen molar-refractivity contribution in [2.24, 2.45) is 0 Å². The lowest BCUT2D eigenvalue weighted by Crippen LogP contribution is -2.40. The van der Waals surface area contributed by atoms with Crippen LogP contribution in [0.15, 0.2) is 48.5 Å². The Morgan fingerprint density at radius 3 is 2.32 bits per heavy atom. The van der Waals surface area contributed by atoms with Gasteiger partial charge in [0.05, 0.1) is 11.3 Å². The number of carbonyl (C=O) groups is 2. The van der Waals surface area contributed by atoms with Crippen molar-refractivity contribution in [3.63, 3.8) is 0 Å². The number of nitrogens with zero attached hydrogens (tertiary/aromatic N) is 3. The van der Waals surface area contributed by atoms with Gasteiger partial charge in [-0.15, -0.1) is 10.2 Å². The van der Waals surface area contributed by atoms with E-state index in [9.17, 15) is 27.2 Å². The van der Waals surface area contributed by atoms with Gasteiger partial charge in [-0.1, -0.05) is 23.5 Å². The Hall–Kier alpha value is -3.54. The second-order valence-electron chi connectivity index (χ2n) is 7.64. The first kappa shape index (κ1) is 23.6. The fourth-order valence-electron chi connectivity index (χ4n) is 3.57. The summed E-state index contributed by atoms with van der Waals surface area (Å²) < 4.78 is 52.5. The van der Waals surface area contributed by atoms with Crippen molar-refractivity contribution in [1.29, 1.82) is 0 Å². The second kappa shape index (κ2) is 9.75. The highest BCUT2D eigenvalue weighted by atomic mass is 32.1. The molecule has 1 fully saturated rings. The van der Waals surface area contributed by atoms with Crippen LogP contribution in [0.4, 0.5) is 33.7 Å². The van der Waals surface area contributed by atoms with Crippen LogP contribution in [0, 0.1) is 5.82 Å². The summed E-state index contributed by atoms with van der Waals surface area (Å²) in [4.78, 5) is 26.3. The number of amides is 3. The molecule has 34 heavy (non-hydrogen) atoms. The molecule has 1 saturated heterocycles. The summed E-state index contributed by atoms with van der Waals surface area (Å²) in [6.07, 6.45) is -3.51. The van der Waals surface area contributed by atoms with Crippen LogP contribution in [0.2, 0.25) is 0 Å². The molecule has 178 valence electrons. The van der Waals surface area contributed by atoms with Crippen LogP contribution < -0.4 is 10.6 Å². The number of rotatable bonds is 4. The minimum Gasteiger partial charge on any atom is -0.324 e. The minimum absolute atomic E-state index is 0.0311. The fraction of sp³-hybridized carbons (Fsp3) is 0.273. The molecule has 1 aromatic heterocycles. The van der Waals surface area contributed by atoms with Gasteiger partial charge in [0.25, 0.3) is 5.91 Å². The zero-order chi connectivity index (χ0) is 24.3. The number of likely N-dealkylation sites (tertiary alicyclic amines) is 1. The summed E-state index contributed by atoms with van der Waals surface area (Å²) >= 11 is 1.13. The summed E-state index contributed by atoms with van der Waals surface area (Å²) in [5, 5.41) is 13.8. The van der Waals surface area contributed by atoms with E-state index in [0.29, 0.717) is 36.6 Å². The van der Waals surface area contributed by atoms with Gasteiger partial charge < -0.3 is 15.5 Å². The third kappa shape index (κ3) is 5.50. The Balaban J connectivity index is 1.33. The Labute approximate surface area is 195 Å². The largest absolute Gasteiger partial charge is 0.418 e. The first-order valence-corrected chi connectivity index (χ1v) is 11.1. The molecule has 2 aromatic carbocycles. The maximum Gasteiger partial charge on any atom is 0.418 e. The molecule has 0 unspecified atom stereocenters. The number of para-hydroxylation sites is 1. The van der Waals surface area contributed by atoms with Gasteiger partial charge in [0.15, 0.2) is 0 Å². The predicted molar refractivity (Wildman–Crippen MR) is 118 cm³/mol. The third-order valence-corrected chi connectivity index (χ3v) is 6.43. The second-order valence-corrected chi connectivity index (χ2v) is 8.65. The van der Waals surface area contributed by atoms with Gasteiger partial charge in [0, 0.05) is 24.7 Å². The molecule has 1 aliphatic rings. The number of hydrogen-bond acceptors (Lipinski definition) is 5. The van der Waals surface area contributed by atoms with E-state index in [1.54, 1.807) is 0 Å². The van der Waals surface area contributed by atoms with E-state index in [2.05, 4.69) is 20.8 Å². The molecule has 7 nitrogen and oxygen atoms in total. The molecule has 0 atom stereocenters. The van der Waals surface area contributed by atoms with Crippen LogP contribution in [0.5, 0.6) is 0 Å². The zero-order valence-corrected chi connectivity index (χ0v) is 18.4. The van der Waals surface area contributed by atoms with Gasteiger partial charge in [0.2, 0.25) is 5.01 Å². The SMILES string of the molecule is O=C(Nc1ccc(F)cc1)c1nnc(C2CCN(C(=O)Nc3ccccc3C(F)(F)F)CC2)s1. The molecule has 1 aliphatic heterocycles. The summed E-state index contributed by atoms with van der Waals surface area (Å²) in [5.41, 5.74) is -0.767. The summed E-state index contributed by atoms with van der Waals surface area (Å²) in [6, 6.07) is 9.54. The van der Waals surface area contributed by atoms with Gasteiger partial charge in [-0.3, -0.25) is 4.79 Å². The van der Waals surface area contributed by atoms with Crippen molar-refractivity contribution < 1.29 is 27.2 Å². The van der Waals surface area contributed by atoms with E-state index in [4.69, 9.17) is 0 Å². The van der Waals surface area contributed by atoms with Crippen molar-refractivity contribution in [2.75, 3.05) is 23.7 Å². The number of hydrogen-bond donors (Lipinski definition) is 2. The molecule has 0 spiro atoms. The molecule has 0 saturated carbocycles. The average Bonchev–Trinajstić information content (AvgIpc) is 3.31. The standard InChI is InChI=1S/C22H19F4N5O2S/c23-14-5-7-15(8-6-14)27-18(32)20-30-29-19(34-20)13-9-11-31(12-10-13)21(33)28-17-4-2-1-3-16(17)22(24,25)26/h1-8,13H,9-12H2,(H,27,32)(H,28,33). The molecular weight excluding hydrogens is 474 g/mol. The van der Waals surface area contributed by atoms with Gasteiger partial charge in [-0.2, -0.15) is 13.2 Å². The monoisotopic (exact) mass is 493 g/mol. The molecule has 3 aromatic rings. The quantitative estimate of drug-likeness (QED) is 0.479. The van der Waals surface area contributed by atoms with Crippen molar-refractivity contribution in [3.8, 4) is 0 Å². The fourth-order valence-corrected chi connectivity index (χ4v) is 4.48. The van der Waals surface area contributed by atoms with Gasteiger partial charge in [0.1, 0.15) is 10.8 Å². The first-order valence-electron chi connectivity index (χ1n) is 10.3. The lowest BCUT2D eigenvalue weighted by Gasteiger charge is -2.31. The van der Waals surface area contributed by atoms with E-state index in [1.165, 1.54) is 47.4 Å². The van der Waals surface area contributed by atoms with Crippen LogP contribution >= 0.6 is 11.3 Å². The molecular formula is C22H19F4N5O2S. The van der Waals surface area contributed by atoms with Crippen molar-refractivity contribution in [3.05, 3.63) is 69.9 Å². The molecule has 2 N–H and O–H groups in total. The average molecular weight is 493 g/mol. The van der Waals surface area contributed by atoms with E-state index in [0.717, 1.165) is 17.4 Å². The summed E-state index contributed by atoms with van der Waals surface area (Å²) in [6.45, 7) is 0.642. The highest BCUT2D eigenvalue weighted by Crippen LogP contribution is 2.35. The van der Waals surface area contributed by atoms with Crippen LogP contribution in [0.1, 0.15) is 39.1 Å². The smallest absolute Gasteiger partial charge is 0.324 e. The van der Waals surface area contributed by atoms with Gasteiger partial charge >= 0.3 is 12.2 Å². The van der Waals surface area contributed by atoms with Gasteiger partial charge in [-0.05, 0) is 49.2 Å².